The van der Waals surface area contributed by atoms with E-state index in [1.165, 1.54) is 13.0 Å². The lowest BCUT2D eigenvalue weighted by molar-refractivity contribution is -0.308. The fraction of sp³-hybridized carbons (Fsp3) is 0.433. The highest BCUT2D eigenvalue weighted by Gasteiger charge is 2.56. The summed E-state index contributed by atoms with van der Waals surface area (Å²) in [5.41, 5.74) is 4.21. The molecule has 2 aromatic rings. The van der Waals surface area contributed by atoms with E-state index in [-0.39, 0.29) is 19.1 Å². The second-order valence-corrected chi connectivity index (χ2v) is 10.2. The zero-order valence-corrected chi connectivity index (χ0v) is 23.4. The summed E-state index contributed by atoms with van der Waals surface area (Å²) in [7, 11) is 1.09. The third-order valence-electron chi connectivity index (χ3n) is 7.40. The number of esters is 1. The molecular formula is C30H36N2O10. The molecule has 1 aliphatic heterocycles. The van der Waals surface area contributed by atoms with Gasteiger partial charge >= 0.3 is 12.1 Å². The average molecular weight is 585 g/mol. The van der Waals surface area contributed by atoms with Crippen molar-refractivity contribution in [2.24, 2.45) is 0 Å². The van der Waals surface area contributed by atoms with Gasteiger partial charge in [0.1, 0.15) is 18.8 Å². The minimum absolute atomic E-state index is 0.0450. The van der Waals surface area contributed by atoms with Crippen LogP contribution in [0, 0.1) is 0 Å². The van der Waals surface area contributed by atoms with Crippen LogP contribution in [0.1, 0.15) is 30.4 Å². The Hall–Kier alpha value is -3.81. The number of carbonyl (C=O) groups is 3. The van der Waals surface area contributed by atoms with E-state index in [0.29, 0.717) is 0 Å². The van der Waals surface area contributed by atoms with Crippen molar-refractivity contribution in [2.75, 3.05) is 26.9 Å². The van der Waals surface area contributed by atoms with Crippen LogP contribution in [0.15, 0.2) is 61.2 Å². The minimum Gasteiger partial charge on any atom is -0.465 e. The van der Waals surface area contributed by atoms with Gasteiger partial charge in [0.05, 0.1) is 32.0 Å². The topological polar surface area (TPSA) is 173 Å². The van der Waals surface area contributed by atoms with Crippen LogP contribution in [-0.2, 0) is 28.5 Å². The molecule has 6 atom stereocenters. The maximum atomic E-state index is 12.6. The molecule has 12 nitrogen and oxygen atoms in total. The highest BCUT2D eigenvalue weighted by molar-refractivity contribution is 5.79. The lowest BCUT2D eigenvalue weighted by Gasteiger charge is -2.46. The number of carbonyl (C=O) groups excluding carboxylic acids is 3. The van der Waals surface area contributed by atoms with Crippen LogP contribution < -0.4 is 10.6 Å². The molecule has 2 aliphatic rings. The van der Waals surface area contributed by atoms with Crippen molar-refractivity contribution in [1.29, 1.82) is 0 Å². The van der Waals surface area contributed by atoms with Crippen LogP contribution in [0.3, 0.4) is 0 Å². The zero-order valence-electron chi connectivity index (χ0n) is 23.4. The monoisotopic (exact) mass is 584 g/mol. The predicted octanol–water partition coefficient (Wildman–Crippen LogP) is 0.973. The van der Waals surface area contributed by atoms with Crippen LogP contribution in [0.25, 0.3) is 11.1 Å². The third-order valence-corrected chi connectivity index (χ3v) is 7.40. The predicted molar refractivity (Wildman–Crippen MR) is 149 cm³/mol. The molecule has 1 saturated heterocycles. The van der Waals surface area contributed by atoms with Crippen molar-refractivity contribution >= 4 is 18.0 Å². The van der Waals surface area contributed by atoms with Gasteiger partial charge in [-0.05, 0) is 22.3 Å². The van der Waals surface area contributed by atoms with Crippen LogP contribution in [0.5, 0.6) is 0 Å². The maximum Gasteiger partial charge on any atom is 0.407 e. The summed E-state index contributed by atoms with van der Waals surface area (Å²) in [5.74, 6) is -3.86. The first kappa shape index (κ1) is 31.1. The van der Waals surface area contributed by atoms with E-state index in [4.69, 9.17) is 18.9 Å². The Bertz CT molecular complexity index is 1260. The smallest absolute Gasteiger partial charge is 0.407 e. The molecule has 1 aliphatic carbocycles. The Morgan fingerprint density at radius 2 is 1.74 bits per heavy atom. The summed E-state index contributed by atoms with van der Waals surface area (Å²) in [6.45, 7) is 4.13. The molecule has 0 radical (unpaired) electrons. The van der Waals surface area contributed by atoms with Crippen molar-refractivity contribution in [1.82, 2.24) is 10.6 Å². The van der Waals surface area contributed by atoms with E-state index in [1.54, 1.807) is 0 Å². The van der Waals surface area contributed by atoms with E-state index in [1.807, 2.05) is 48.5 Å². The number of hydrogen-bond donors (Lipinski definition) is 5. The standard InChI is InChI=1S/C30H36N2O10/c1-4-13-41-30(28(37)39-3)14-23(34)25(32-17(2)33)27(42-30)26(36)24(35)15-31-29(38)40-16-22-20-11-7-5-9-18(20)19-10-6-8-12-21(19)22/h4-12,22-27,34-36H,1,13-16H2,2-3H3,(H,31,38)(H,32,33)/t23-,24-,25-,26-,27?,30-/m1/s1. The summed E-state index contributed by atoms with van der Waals surface area (Å²) in [6, 6.07) is 14.5. The van der Waals surface area contributed by atoms with Gasteiger partial charge in [0.15, 0.2) is 0 Å². The number of benzene rings is 2. The van der Waals surface area contributed by atoms with Crippen molar-refractivity contribution in [3.63, 3.8) is 0 Å². The number of fused-ring (bicyclic) bond motifs is 3. The van der Waals surface area contributed by atoms with Gasteiger partial charge in [0, 0.05) is 25.8 Å². The molecular weight excluding hydrogens is 548 g/mol. The van der Waals surface area contributed by atoms with Crippen molar-refractivity contribution in [3.8, 4) is 11.1 Å². The van der Waals surface area contributed by atoms with Crippen LogP contribution in [0.4, 0.5) is 4.79 Å². The molecule has 12 heteroatoms. The molecule has 5 N–H and O–H groups in total. The van der Waals surface area contributed by atoms with E-state index in [9.17, 15) is 29.7 Å². The first-order valence-corrected chi connectivity index (χ1v) is 13.5. The Morgan fingerprint density at radius 3 is 2.31 bits per heavy atom. The highest BCUT2D eigenvalue weighted by Crippen LogP contribution is 2.44. The number of aliphatic hydroxyl groups is 3. The lowest BCUT2D eigenvalue weighted by Crippen LogP contribution is -2.68. The molecule has 4 rings (SSSR count). The molecule has 0 bridgehead atoms. The number of hydrogen-bond acceptors (Lipinski definition) is 10. The number of alkyl carbamates (subject to hydrolysis) is 1. The Balaban J connectivity index is 1.41. The second kappa shape index (κ2) is 13.4. The molecule has 1 fully saturated rings. The number of aliphatic hydroxyl groups excluding tert-OH is 3. The Morgan fingerprint density at radius 1 is 1.12 bits per heavy atom. The fourth-order valence-corrected chi connectivity index (χ4v) is 5.47. The van der Waals surface area contributed by atoms with E-state index < -0.39 is 67.2 Å². The van der Waals surface area contributed by atoms with E-state index in [0.717, 1.165) is 29.4 Å². The zero-order chi connectivity index (χ0) is 30.4. The van der Waals surface area contributed by atoms with Crippen LogP contribution >= 0.6 is 0 Å². The SMILES string of the molecule is C=CCO[C@]1(C(=O)OC)C[C@@H](O)[C@@H](NC(C)=O)C([C@H](O)[C@H](O)CNC(=O)OCC2c3ccccc3-c3ccccc32)O1. The largest absolute Gasteiger partial charge is 0.465 e. The second-order valence-electron chi connectivity index (χ2n) is 10.2. The van der Waals surface area contributed by atoms with E-state index >= 15 is 0 Å². The van der Waals surface area contributed by atoms with Crippen molar-refractivity contribution in [2.45, 2.75) is 55.5 Å². The fourth-order valence-electron chi connectivity index (χ4n) is 5.47. The van der Waals surface area contributed by atoms with Gasteiger partial charge in [0.2, 0.25) is 5.91 Å². The molecule has 2 amide bonds. The number of amides is 2. The summed E-state index contributed by atoms with van der Waals surface area (Å²) < 4.78 is 21.6. The molecule has 1 heterocycles. The van der Waals surface area contributed by atoms with E-state index in [2.05, 4.69) is 17.2 Å². The summed E-state index contributed by atoms with van der Waals surface area (Å²) in [6.07, 6.45) is -6.36. The van der Waals surface area contributed by atoms with Gasteiger partial charge in [-0.3, -0.25) is 4.79 Å². The third kappa shape index (κ3) is 6.48. The van der Waals surface area contributed by atoms with Crippen molar-refractivity contribution < 1.29 is 48.7 Å². The molecule has 1 unspecified atom stereocenters. The Labute approximate surface area is 243 Å². The summed E-state index contributed by atoms with van der Waals surface area (Å²) >= 11 is 0. The van der Waals surface area contributed by atoms with Gasteiger partial charge in [-0.25, -0.2) is 9.59 Å². The average Bonchev–Trinajstić information content (AvgIpc) is 3.31. The Kier molecular flexibility index (Phi) is 9.97. The lowest BCUT2D eigenvalue weighted by atomic mass is 9.88. The van der Waals surface area contributed by atoms with Gasteiger partial charge in [0.25, 0.3) is 5.79 Å². The van der Waals surface area contributed by atoms with Crippen LogP contribution in [0.2, 0.25) is 0 Å². The molecule has 0 spiro atoms. The van der Waals surface area contributed by atoms with Crippen LogP contribution in [-0.4, -0.2) is 96.4 Å². The van der Waals surface area contributed by atoms with Gasteiger partial charge < -0.3 is 44.9 Å². The van der Waals surface area contributed by atoms with Gasteiger partial charge in [-0.1, -0.05) is 54.6 Å². The number of nitrogens with one attached hydrogen (secondary N) is 2. The van der Waals surface area contributed by atoms with Gasteiger partial charge in [-0.15, -0.1) is 6.58 Å². The normalized spacial score (nSPS) is 24.5. The number of rotatable bonds is 11. The summed E-state index contributed by atoms with van der Waals surface area (Å²) in [5, 5.41) is 37.5. The quantitative estimate of drug-likeness (QED) is 0.189. The number of methoxy groups -OCH3 is 1. The molecule has 226 valence electrons. The highest BCUT2D eigenvalue weighted by atomic mass is 16.7. The molecule has 2 aromatic carbocycles. The molecule has 42 heavy (non-hydrogen) atoms. The van der Waals surface area contributed by atoms with Crippen molar-refractivity contribution in [3.05, 3.63) is 72.3 Å². The first-order valence-electron chi connectivity index (χ1n) is 13.5. The maximum absolute atomic E-state index is 12.6. The molecule has 0 aromatic heterocycles. The first-order chi connectivity index (χ1) is 20.1. The number of ether oxygens (including phenoxy) is 4. The van der Waals surface area contributed by atoms with Gasteiger partial charge in [-0.2, -0.15) is 0 Å². The summed E-state index contributed by atoms with van der Waals surface area (Å²) in [4.78, 5) is 37.1. The molecule has 0 saturated carbocycles. The minimum atomic E-state index is -2.15.